The Hall–Kier alpha value is -1.75. The van der Waals surface area contributed by atoms with E-state index in [1.165, 1.54) is 11.3 Å². The van der Waals surface area contributed by atoms with Crippen molar-refractivity contribution in [3.8, 4) is 5.75 Å². The summed E-state index contributed by atoms with van der Waals surface area (Å²) >= 11 is 1.49. The number of nitrogens with zero attached hydrogens (tertiary/aromatic N) is 2. The number of benzene rings is 1. The quantitative estimate of drug-likeness (QED) is 0.794. The molecule has 2 rings (SSSR count). The summed E-state index contributed by atoms with van der Waals surface area (Å²) in [5, 5.41) is 17.3. The number of hydrogen-bond donors (Lipinski definition) is 1. The second-order valence-corrected chi connectivity index (χ2v) is 7.85. The van der Waals surface area contributed by atoms with Crippen LogP contribution in [0.3, 0.4) is 0 Å². The number of phenols is 1. The second-order valence-electron chi connectivity index (χ2n) is 7.16. The maximum absolute atomic E-state index is 11.0. The number of rotatable bonds is 1. The van der Waals surface area contributed by atoms with Crippen LogP contribution in [-0.2, 0) is 10.8 Å². The maximum atomic E-state index is 11.0. The Morgan fingerprint density at radius 1 is 0.955 bits per heavy atom. The molecule has 5 heteroatoms. The third-order valence-electron chi connectivity index (χ3n) is 3.17. The average Bonchev–Trinajstić information content (AvgIpc) is 2.95. The number of aromatic nitrogens is 2. The van der Waals surface area contributed by atoms with Gasteiger partial charge in [0.15, 0.2) is 0 Å². The fourth-order valence-electron chi connectivity index (χ4n) is 2.00. The lowest BCUT2D eigenvalue weighted by Crippen LogP contribution is -2.17. The van der Waals surface area contributed by atoms with E-state index in [0.717, 1.165) is 17.4 Å². The van der Waals surface area contributed by atoms with Crippen molar-refractivity contribution in [1.29, 1.82) is 0 Å². The van der Waals surface area contributed by atoms with Crippen molar-refractivity contribution in [3.05, 3.63) is 39.8 Å². The van der Waals surface area contributed by atoms with Crippen molar-refractivity contribution in [2.75, 3.05) is 0 Å². The van der Waals surface area contributed by atoms with Crippen LogP contribution in [0.2, 0.25) is 0 Å². The molecular formula is C17H24N2O2S. The smallest absolute Gasteiger partial charge is 0.150 e. The predicted molar refractivity (Wildman–Crippen MR) is 90.8 cm³/mol. The lowest BCUT2D eigenvalue weighted by molar-refractivity contribution is 0.112. The van der Waals surface area contributed by atoms with Crippen LogP contribution < -0.4 is 0 Å². The zero-order chi connectivity index (χ0) is 17.0. The number of carbonyl (C=O) groups excluding carboxylic acids is 1. The Bertz CT molecular complexity index is 556. The normalized spacial score (nSPS) is 11.5. The number of aromatic hydroxyl groups is 1. The van der Waals surface area contributed by atoms with E-state index in [1.54, 1.807) is 23.2 Å². The van der Waals surface area contributed by atoms with Crippen molar-refractivity contribution in [3.63, 3.8) is 0 Å². The van der Waals surface area contributed by atoms with Gasteiger partial charge in [-0.05, 0) is 23.0 Å². The number of carbonyl (C=O) groups is 1. The van der Waals surface area contributed by atoms with Gasteiger partial charge in [0.2, 0.25) is 0 Å². The minimum absolute atomic E-state index is 0.177. The summed E-state index contributed by atoms with van der Waals surface area (Å²) in [7, 11) is 0. The molecule has 1 aromatic heterocycles. The van der Waals surface area contributed by atoms with Crippen LogP contribution in [0, 0.1) is 0 Å². The fourth-order valence-corrected chi connectivity index (χ4v) is 2.28. The van der Waals surface area contributed by atoms with E-state index >= 15 is 0 Å². The first-order valence-corrected chi connectivity index (χ1v) is 8.03. The molecule has 0 aliphatic rings. The first kappa shape index (κ1) is 18.3. The lowest BCUT2D eigenvalue weighted by atomic mass is 9.78. The fraction of sp³-hybridized carbons (Fsp3) is 0.471. The van der Waals surface area contributed by atoms with Crippen LogP contribution >= 0.6 is 11.3 Å². The third-order valence-corrected chi connectivity index (χ3v) is 3.60. The monoisotopic (exact) mass is 320 g/mol. The highest BCUT2D eigenvalue weighted by atomic mass is 32.1. The molecule has 0 atom stereocenters. The number of aldehydes is 1. The van der Waals surface area contributed by atoms with Crippen molar-refractivity contribution < 1.29 is 9.90 Å². The highest BCUT2D eigenvalue weighted by molar-refractivity contribution is 7.07. The molecule has 1 heterocycles. The summed E-state index contributed by atoms with van der Waals surface area (Å²) in [6.07, 6.45) is 0.837. The Morgan fingerprint density at radius 3 is 1.59 bits per heavy atom. The molecule has 1 aromatic carbocycles. The third kappa shape index (κ3) is 4.91. The van der Waals surface area contributed by atoms with Gasteiger partial charge in [-0.25, -0.2) is 0 Å². The van der Waals surface area contributed by atoms with Crippen molar-refractivity contribution >= 4 is 17.6 Å². The zero-order valence-corrected chi connectivity index (χ0v) is 14.9. The summed E-state index contributed by atoms with van der Waals surface area (Å²) in [6.45, 7) is 12.2. The molecule has 0 saturated carbocycles. The van der Waals surface area contributed by atoms with E-state index in [1.807, 2.05) is 41.5 Å². The Labute approximate surface area is 136 Å². The molecule has 0 radical (unpaired) electrons. The summed E-state index contributed by atoms with van der Waals surface area (Å²) in [5.74, 6) is 0.315. The standard InChI is InChI=1S/C15H22O2.C2H2N2S/c1-14(2,3)11-7-10(9-16)8-12(13(11)17)15(4,5)6;1-3-4-2-5-1/h7-9,17H,1-6H3;1-2H. The molecule has 0 aliphatic heterocycles. The largest absolute Gasteiger partial charge is 0.507 e. The summed E-state index contributed by atoms with van der Waals surface area (Å²) in [4.78, 5) is 11.0. The topological polar surface area (TPSA) is 63.1 Å². The van der Waals surface area contributed by atoms with E-state index in [2.05, 4.69) is 10.2 Å². The van der Waals surface area contributed by atoms with E-state index in [9.17, 15) is 9.90 Å². The Kier molecular flexibility index (Phi) is 5.83. The van der Waals surface area contributed by atoms with Gasteiger partial charge in [0, 0.05) is 16.7 Å². The van der Waals surface area contributed by atoms with E-state index in [0.29, 0.717) is 11.3 Å². The average molecular weight is 320 g/mol. The predicted octanol–water partition coefficient (Wildman–Crippen LogP) is 4.34. The highest BCUT2D eigenvalue weighted by Crippen LogP contribution is 2.39. The van der Waals surface area contributed by atoms with E-state index in [4.69, 9.17) is 0 Å². The molecule has 0 aliphatic carbocycles. The van der Waals surface area contributed by atoms with Crippen molar-refractivity contribution in [2.45, 2.75) is 52.4 Å². The van der Waals surface area contributed by atoms with Gasteiger partial charge in [0.25, 0.3) is 0 Å². The molecule has 2 aromatic rings. The van der Waals surface area contributed by atoms with Gasteiger partial charge in [0.05, 0.1) is 0 Å². The number of hydrogen-bond acceptors (Lipinski definition) is 5. The summed E-state index contributed by atoms with van der Waals surface area (Å²) in [6, 6.07) is 3.55. The highest BCUT2D eigenvalue weighted by Gasteiger charge is 2.26. The number of phenolic OH excluding ortho intramolecular Hbond substituents is 1. The lowest BCUT2D eigenvalue weighted by Gasteiger charge is -2.27. The first-order valence-electron chi connectivity index (χ1n) is 7.09. The molecule has 0 saturated heterocycles. The van der Waals surface area contributed by atoms with Gasteiger partial charge in [-0.3, -0.25) is 4.79 Å². The molecule has 120 valence electrons. The van der Waals surface area contributed by atoms with E-state index in [-0.39, 0.29) is 10.8 Å². The Balaban J connectivity index is 0.000000406. The molecule has 0 bridgehead atoms. The minimum Gasteiger partial charge on any atom is -0.507 e. The van der Waals surface area contributed by atoms with E-state index < -0.39 is 0 Å². The van der Waals surface area contributed by atoms with Gasteiger partial charge >= 0.3 is 0 Å². The molecule has 0 amide bonds. The minimum atomic E-state index is -0.177. The molecule has 22 heavy (non-hydrogen) atoms. The molecule has 1 N–H and O–H groups in total. The molecule has 0 unspecified atom stereocenters. The van der Waals surface area contributed by atoms with Gasteiger partial charge in [-0.2, -0.15) is 0 Å². The van der Waals surface area contributed by atoms with Crippen LogP contribution in [0.5, 0.6) is 5.75 Å². The van der Waals surface area contributed by atoms with Crippen LogP contribution in [0.25, 0.3) is 0 Å². The molecule has 0 spiro atoms. The molecular weight excluding hydrogens is 296 g/mol. The Morgan fingerprint density at radius 2 is 1.36 bits per heavy atom. The molecule has 0 fully saturated rings. The van der Waals surface area contributed by atoms with Gasteiger partial charge < -0.3 is 5.11 Å². The van der Waals surface area contributed by atoms with Crippen LogP contribution in [0.1, 0.15) is 63.0 Å². The van der Waals surface area contributed by atoms with Crippen LogP contribution in [0.4, 0.5) is 0 Å². The second kappa shape index (κ2) is 7.01. The summed E-state index contributed by atoms with van der Waals surface area (Å²) < 4.78 is 0. The zero-order valence-electron chi connectivity index (χ0n) is 14.0. The van der Waals surface area contributed by atoms with Gasteiger partial charge in [-0.1, -0.05) is 41.5 Å². The van der Waals surface area contributed by atoms with Crippen molar-refractivity contribution in [1.82, 2.24) is 10.2 Å². The van der Waals surface area contributed by atoms with Crippen LogP contribution in [0.15, 0.2) is 23.2 Å². The van der Waals surface area contributed by atoms with Crippen molar-refractivity contribution in [2.24, 2.45) is 0 Å². The summed E-state index contributed by atoms with van der Waals surface area (Å²) in [5.41, 5.74) is 5.28. The van der Waals surface area contributed by atoms with Gasteiger partial charge in [0.1, 0.15) is 23.1 Å². The molecule has 4 nitrogen and oxygen atoms in total. The van der Waals surface area contributed by atoms with Gasteiger partial charge in [-0.15, -0.1) is 21.5 Å². The van der Waals surface area contributed by atoms with Crippen LogP contribution in [-0.4, -0.2) is 21.6 Å². The first-order chi connectivity index (χ1) is 10.1. The SMILES string of the molecule is CC(C)(C)c1cc(C=O)cc(C(C)(C)C)c1O.c1nncs1. The maximum Gasteiger partial charge on any atom is 0.150 e.